The fraction of sp³-hybridized carbons (Fsp3) is 0.143. The van der Waals surface area contributed by atoms with Crippen LogP contribution >= 0.6 is 15.9 Å². The summed E-state index contributed by atoms with van der Waals surface area (Å²) in [5.41, 5.74) is 11.1. The maximum Gasteiger partial charge on any atom is 0.0528 e. The van der Waals surface area contributed by atoms with E-state index in [-0.39, 0.29) is 0 Å². The highest BCUT2D eigenvalue weighted by Gasteiger charge is 2.01. The van der Waals surface area contributed by atoms with Crippen molar-refractivity contribution in [1.29, 1.82) is 0 Å². The van der Waals surface area contributed by atoms with E-state index in [1.807, 2.05) is 25.1 Å². The van der Waals surface area contributed by atoms with Gasteiger partial charge in [-0.05, 0) is 65.2 Å². The second kappa shape index (κ2) is 4.80. The number of anilines is 3. The Morgan fingerprint density at radius 2 is 1.82 bits per heavy atom. The van der Waals surface area contributed by atoms with Gasteiger partial charge in [-0.3, -0.25) is 0 Å². The van der Waals surface area contributed by atoms with Crippen molar-refractivity contribution in [2.45, 2.75) is 13.8 Å². The molecule has 2 aromatic carbocycles. The largest absolute Gasteiger partial charge is 0.398 e. The molecule has 0 aliphatic carbocycles. The van der Waals surface area contributed by atoms with E-state index < -0.39 is 0 Å². The molecule has 0 fully saturated rings. The van der Waals surface area contributed by atoms with Crippen molar-refractivity contribution in [3.8, 4) is 0 Å². The van der Waals surface area contributed by atoms with Gasteiger partial charge in [-0.1, -0.05) is 12.1 Å². The third-order valence-electron chi connectivity index (χ3n) is 2.68. The zero-order valence-corrected chi connectivity index (χ0v) is 11.5. The Kier molecular flexibility index (Phi) is 3.38. The highest BCUT2D eigenvalue weighted by Crippen LogP contribution is 2.28. The van der Waals surface area contributed by atoms with Crippen LogP contribution in [-0.4, -0.2) is 0 Å². The number of benzene rings is 2. The summed E-state index contributed by atoms with van der Waals surface area (Å²) in [6.07, 6.45) is 0. The van der Waals surface area contributed by atoms with E-state index >= 15 is 0 Å². The van der Waals surface area contributed by atoms with Crippen molar-refractivity contribution < 1.29 is 0 Å². The van der Waals surface area contributed by atoms with Crippen molar-refractivity contribution >= 4 is 33.0 Å². The molecule has 0 saturated heterocycles. The van der Waals surface area contributed by atoms with Gasteiger partial charge in [0.2, 0.25) is 0 Å². The van der Waals surface area contributed by atoms with Gasteiger partial charge in [0.05, 0.1) is 5.69 Å². The second-order valence-corrected chi connectivity index (χ2v) is 5.03. The number of aryl methyl sites for hydroxylation is 2. The Hall–Kier alpha value is -1.48. The van der Waals surface area contributed by atoms with E-state index in [0.29, 0.717) is 0 Å². The SMILES string of the molecule is Cc1ccc(Nc2ccc(C)c(N)c2)c(Br)c1. The molecule has 0 heterocycles. The molecule has 3 N–H and O–H groups in total. The predicted molar refractivity (Wildman–Crippen MR) is 77.8 cm³/mol. The quantitative estimate of drug-likeness (QED) is 0.805. The maximum atomic E-state index is 5.88. The van der Waals surface area contributed by atoms with Gasteiger partial charge >= 0.3 is 0 Å². The molecule has 0 spiro atoms. The van der Waals surface area contributed by atoms with Gasteiger partial charge in [0.15, 0.2) is 0 Å². The van der Waals surface area contributed by atoms with Crippen molar-refractivity contribution in [3.63, 3.8) is 0 Å². The van der Waals surface area contributed by atoms with Gasteiger partial charge in [-0.15, -0.1) is 0 Å². The van der Waals surface area contributed by atoms with E-state index in [9.17, 15) is 0 Å². The second-order valence-electron chi connectivity index (χ2n) is 4.18. The fourth-order valence-corrected chi connectivity index (χ4v) is 2.19. The first-order valence-electron chi connectivity index (χ1n) is 5.45. The third-order valence-corrected chi connectivity index (χ3v) is 3.34. The molecule has 0 amide bonds. The normalized spacial score (nSPS) is 10.3. The average molecular weight is 291 g/mol. The van der Waals surface area contributed by atoms with Crippen LogP contribution < -0.4 is 11.1 Å². The summed E-state index contributed by atoms with van der Waals surface area (Å²) in [7, 11) is 0. The molecule has 0 aromatic heterocycles. The summed E-state index contributed by atoms with van der Waals surface area (Å²) >= 11 is 3.54. The van der Waals surface area contributed by atoms with Gasteiger partial charge in [-0.2, -0.15) is 0 Å². The molecular weight excluding hydrogens is 276 g/mol. The molecule has 88 valence electrons. The maximum absolute atomic E-state index is 5.88. The molecule has 2 nitrogen and oxygen atoms in total. The van der Waals surface area contributed by atoms with Crippen LogP contribution in [0.15, 0.2) is 40.9 Å². The van der Waals surface area contributed by atoms with Gasteiger partial charge in [0, 0.05) is 15.8 Å². The Bertz CT molecular complexity index is 550. The van der Waals surface area contributed by atoms with E-state index in [1.54, 1.807) is 0 Å². The molecular formula is C14H15BrN2. The number of halogens is 1. The Balaban J connectivity index is 2.28. The summed E-state index contributed by atoms with van der Waals surface area (Å²) in [5, 5.41) is 3.34. The van der Waals surface area contributed by atoms with Crippen LogP contribution in [0.5, 0.6) is 0 Å². The third kappa shape index (κ3) is 2.80. The van der Waals surface area contributed by atoms with E-state index in [1.165, 1.54) is 5.56 Å². The minimum atomic E-state index is 0.804. The molecule has 0 saturated carbocycles. The van der Waals surface area contributed by atoms with Crippen LogP contribution in [0.25, 0.3) is 0 Å². The van der Waals surface area contributed by atoms with Crippen LogP contribution in [0.3, 0.4) is 0 Å². The lowest BCUT2D eigenvalue weighted by Crippen LogP contribution is -1.95. The first-order chi connectivity index (χ1) is 8.06. The molecule has 0 aliphatic rings. The number of hydrogen-bond acceptors (Lipinski definition) is 2. The Morgan fingerprint density at radius 3 is 2.47 bits per heavy atom. The highest BCUT2D eigenvalue weighted by molar-refractivity contribution is 9.10. The first kappa shape index (κ1) is 12.0. The lowest BCUT2D eigenvalue weighted by atomic mass is 10.1. The number of rotatable bonds is 2. The van der Waals surface area contributed by atoms with Crippen molar-refractivity contribution in [3.05, 3.63) is 52.0 Å². The average Bonchev–Trinajstić information content (AvgIpc) is 2.27. The van der Waals surface area contributed by atoms with Crippen molar-refractivity contribution in [1.82, 2.24) is 0 Å². The van der Waals surface area contributed by atoms with Crippen LogP contribution in [-0.2, 0) is 0 Å². The zero-order chi connectivity index (χ0) is 12.4. The minimum Gasteiger partial charge on any atom is -0.398 e. The van der Waals surface area contributed by atoms with Gasteiger partial charge in [0.1, 0.15) is 0 Å². The van der Waals surface area contributed by atoms with E-state index in [0.717, 1.165) is 27.1 Å². The van der Waals surface area contributed by atoms with Crippen LogP contribution in [0, 0.1) is 13.8 Å². The Morgan fingerprint density at radius 1 is 1.06 bits per heavy atom. The molecule has 0 aliphatic heterocycles. The molecule has 17 heavy (non-hydrogen) atoms. The first-order valence-corrected chi connectivity index (χ1v) is 6.25. The molecule has 0 radical (unpaired) electrons. The number of hydrogen-bond donors (Lipinski definition) is 2. The van der Waals surface area contributed by atoms with Crippen molar-refractivity contribution in [2.24, 2.45) is 0 Å². The molecule has 0 bridgehead atoms. The van der Waals surface area contributed by atoms with Gasteiger partial charge < -0.3 is 11.1 Å². The van der Waals surface area contributed by atoms with Crippen LogP contribution in [0.1, 0.15) is 11.1 Å². The zero-order valence-electron chi connectivity index (χ0n) is 9.92. The van der Waals surface area contributed by atoms with Crippen LogP contribution in [0.2, 0.25) is 0 Å². The Labute approximate surface area is 110 Å². The van der Waals surface area contributed by atoms with Crippen molar-refractivity contribution in [2.75, 3.05) is 11.1 Å². The molecule has 2 aromatic rings. The van der Waals surface area contributed by atoms with Gasteiger partial charge in [0.25, 0.3) is 0 Å². The smallest absolute Gasteiger partial charge is 0.0528 e. The summed E-state index contributed by atoms with van der Waals surface area (Å²) in [5.74, 6) is 0. The molecule has 3 heteroatoms. The van der Waals surface area contributed by atoms with Gasteiger partial charge in [-0.25, -0.2) is 0 Å². The lowest BCUT2D eigenvalue weighted by molar-refractivity contribution is 1.42. The summed E-state index contributed by atoms with van der Waals surface area (Å²) in [6.45, 7) is 4.07. The number of nitrogens with one attached hydrogen (secondary N) is 1. The molecule has 2 rings (SSSR count). The fourth-order valence-electron chi connectivity index (χ4n) is 1.60. The minimum absolute atomic E-state index is 0.804. The monoisotopic (exact) mass is 290 g/mol. The topological polar surface area (TPSA) is 38.0 Å². The summed E-state index contributed by atoms with van der Waals surface area (Å²) in [4.78, 5) is 0. The summed E-state index contributed by atoms with van der Waals surface area (Å²) < 4.78 is 1.05. The van der Waals surface area contributed by atoms with E-state index in [4.69, 9.17) is 5.73 Å². The predicted octanol–water partition coefficient (Wildman–Crippen LogP) is 4.39. The molecule has 0 atom stereocenters. The number of nitrogens with two attached hydrogens (primary N) is 1. The highest BCUT2D eigenvalue weighted by atomic mass is 79.9. The van der Waals surface area contributed by atoms with E-state index in [2.05, 4.69) is 46.4 Å². The molecule has 0 unspecified atom stereocenters. The van der Waals surface area contributed by atoms with Crippen LogP contribution in [0.4, 0.5) is 17.1 Å². The lowest BCUT2D eigenvalue weighted by Gasteiger charge is -2.10. The number of nitrogen functional groups attached to an aromatic ring is 1. The standard InChI is InChI=1S/C14H15BrN2/c1-9-3-6-14(12(15)7-9)17-11-5-4-10(2)13(16)8-11/h3-8,17H,16H2,1-2H3. The summed E-state index contributed by atoms with van der Waals surface area (Å²) in [6, 6.07) is 12.2.